The third-order valence-corrected chi connectivity index (χ3v) is 2.97. The van der Waals surface area contributed by atoms with Gasteiger partial charge in [0.15, 0.2) is 0 Å². The average molecular weight is 269 g/mol. The summed E-state index contributed by atoms with van der Waals surface area (Å²) in [4.78, 5) is 0. The second kappa shape index (κ2) is 5.48. The zero-order chi connectivity index (χ0) is 13.9. The normalized spacial score (nSPS) is 13.5. The summed E-state index contributed by atoms with van der Waals surface area (Å²) >= 11 is 0. The van der Waals surface area contributed by atoms with Crippen LogP contribution in [-0.4, -0.2) is 7.05 Å². The molecule has 0 saturated heterocycles. The summed E-state index contributed by atoms with van der Waals surface area (Å²) in [6.07, 6.45) is -2.13. The lowest BCUT2D eigenvalue weighted by Gasteiger charge is -2.16. The van der Waals surface area contributed by atoms with Crippen LogP contribution in [-0.2, 0) is 12.6 Å². The quantitative estimate of drug-likeness (QED) is 0.913. The van der Waals surface area contributed by atoms with Crippen LogP contribution in [0, 0.1) is 0 Å². The summed E-state index contributed by atoms with van der Waals surface area (Å²) in [5.74, 6) is 0.791. The molecule has 0 amide bonds. The van der Waals surface area contributed by atoms with Gasteiger partial charge < -0.3 is 9.73 Å². The Bertz CT molecular complexity index is 502. The monoisotopic (exact) mass is 269 g/mol. The van der Waals surface area contributed by atoms with E-state index < -0.39 is 11.7 Å². The van der Waals surface area contributed by atoms with Crippen LogP contribution in [0.1, 0.15) is 22.9 Å². The molecule has 0 aliphatic heterocycles. The van der Waals surface area contributed by atoms with Crippen LogP contribution < -0.4 is 5.32 Å². The molecule has 19 heavy (non-hydrogen) atoms. The van der Waals surface area contributed by atoms with Gasteiger partial charge in [-0.15, -0.1) is 0 Å². The smallest absolute Gasteiger partial charge is 0.416 e. The Balaban J connectivity index is 2.15. The van der Waals surface area contributed by atoms with Gasteiger partial charge in [0.05, 0.1) is 11.8 Å². The van der Waals surface area contributed by atoms with Crippen LogP contribution >= 0.6 is 0 Å². The van der Waals surface area contributed by atoms with Crippen molar-refractivity contribution in [3.63, 3.8) is 0 Å². The molecule has 2 nitrogen and oxygen atoms in total. The van der Waals surface area contributed by atoms with Gasteiger partial charge in [0, 0.05) is 12.5 Å². The molecule has 1 unspecified atom stereocenters. The molecular formula is C14H14F3NO. The Morgan fingerprint density at radius 3 is 2.32 bits per heavy atom. The van der Waals surface area contributed by atoms with Gasteiger partial charge in [0.2, 0.25) is 0 Å². The Kier molecular flexibility index (Phi) is 3.95. The molecule has 0 bridgehead atoms. The second-order valence-corrected chi connectivity index (χ2v) is 4.24. The summed E-state index contributed by atoms with van der Waals surface area (Å²) in [7, 11) is 1.77. The van der Waals surface area contributed by atoms with E-state index >= 15 is 0 Å². The maximum Gasteiger partial charge on any atom is 0.416 e. The number of nitrogens with one attached hydrogen (secondary N) is 1. The van der Waals surface area contributed by atoms with E-state index in [4.69, 9.17) is 4.42 Å². The van der Waals surface area contributed by atoms with Crippen LogP contribution in [0.2, 0.25) is 0 Å². The van der Waals surface area contributed by atoms with E-state index in [1.807, 2.05) is 6.07 Å². The van der Waals surface area contributed by atoms with E-state index in [0.717, 1.165) is 23.5 Å². The summed E-state index contributed by atoms with van der Waals surface area (Å²) in [6, 6.07) is 8.74. The van der Waals surface area contributed by atoms with Crippen molar-refractivity contribution in [1.29, 1.82) is 0 Å². The lowest BCUT2D eigenvalue weighted by molar-refractivity contribution is -0.137. The topological polar surface area (TPSA) is 25.2 Å². The van der Waals surface area contributed by atoms with Gasteiger partial charge in [0.1, 0.15) is 5.76 Å². The second-order valence-electron chi connectivity index (χ2n) is 4.24. The highest BCUT2D eigenvalue weighted by Gasteiger charge is 2.30. The molecule has 1 atom stereocenters. The third-order valence-electron chi connectivity index (χ3n) is 2.97. The highest BCUT2D eigenvalue weighted by molar-refractivity contribution is 5.27. The van der Waals surface area contributed by atoms with E-state index in [1.54, 1.807) is 19.4 Å². The van der Waals surface area contributed by atoms with Crippen molar-refractivity contribution in [2.45, 2.75) is 18.6 Å². The number of alkyl halides is 3. The Labute approximate surface area is 109 Å². The predicted octanol–water partition coefficient (Wildman–Crippen LogP) is 3.80. The van der Waals surface area contributed by atoms with E-state index in [9.17, 15) is 13.2 Å². The first kappa shape index (κ1) is 13.7. The summed E-state index contributed by atoms with van der Waals surface area (Å²) in [6.45, 7) is 0. The fraction of sp³-hybridized carbons (Fsp3) is 0.286. The van der Waals surface area contributed by atoms with Crippen molar-refractivity contribution in [1.82, 2.24) is 5.32 Å². The minimum Gasteiger partial charge on any atom is -0.469 e. The Hall–Kier alpha value is -1.75. The minimum absolute atomic E-state index is 0.0755. The van der Waals surface area contributed by atoms with E-state index in [0.29, 0.717) is 6.42 Å². The zero-order valence-electron chi connectivity index (χ0n) is 10.4. The van der Waals surface area contributed by atoms with E-state index in [-0.39, 0.29) is 6.04 Å². The molecule has 0 aliphatic rings. The molecule has 1 heterocycles. The summed E-state index contributed by atoms with van der Waals surface area (Å²) in [5, 5.41) is 3.07. The molecule has 0 aliphatic carbocycles. The predicted molar refractivity (Wildman–Crippen MR) is 65.7 cm³/mol. The number of halogens is 3. The molecule has 5 heteroatoms. The molecule has 102 valence electrons. The van der Waals surface area contributed by atoms with Gasteiger partial charge in [0.25, 0.3) is 0 Å². The number of furan rings is 1. The van der Waals surface area contributed by atoms with Gasteiger partial charge in [-0.25, -0.2) is 0 Å². The first-order valence-corrected chi connectivity index (χ1v) is 5.87. The average Bonchev–Trinajstić information content (AvgIpc) is 2.88. The van der Waals surface area contributed by atoms with Crippen LogP contribution in [0.5, 0.6) is 0 Å². The van der Waals surface area contributed by atoms with Gasteiger partial charge in [-0.05, 0) is 36.9 Å². The number of rotatable bonds is 4. The first-order chi connectivity index (χ1) is 9.00. The first-order valence-electron chi connectivity index (χ1n) is 5.87. The lowest BCUT2D eigenvalue weighted by Crippen LogP contribution is -2.18. The Morgan fingerprint density at radius 2 is 1.84 bits per heavy atom. The summed E-state index contributed by atoms with van der Waals surface area (Å²) < 4.78 is 42.7. The molecule has 0 spiro atoms. The highest BCUT2D eigenvalue weighted by Crippen LogP contribution is 2.30. The largest absolute Gasteiger partial charge is 0.469 e. The van der Waals surface area contributed by atoms with E-state index in [1.165, 1.54) is 12.1 Å². The van der Waals surface area contributed by atoms with E-state index in [2.05, 4.69) is 5.32 Å². The number of hydrogen-bond acceptors (Lipinski definition) is 2. The molecule has 0 radical (unpaired) electrons. The molecule has 2 rings (SSSR count). The molecule has 1 aromatic carbocycles. The molecule has 0 saturated carbocycles. The van der Waals surface area contributed by atoms with Gasteiger partial charge in [-0.2, -0.15) is 13.2 Å². The third kappa shape index (κ3) is 3.38. The number of benzene rings is 1. The lowest BCUT2D eigenvalue weighted by atomic mass is 10.0. The van der Waals surface area contributed by atoms with Crippen molar-refractivity contribution in [3.05, 3.63) is 59.5 Å². The molecule has 0 fully saturated rings. The van der Waals surface area contributed by atoms with Crippen LogP contribution in [0.3, 0.4) is 0 Å². The molecule has 2 aromatic rings. The van der Waals surface area contributed by atoms with Crippen molar-refractivity contribution in [3.8, 4) is 0 Å². The maximum absolute atomic E-state index is 12.5. The fourth-order valence-corrected chi connectivity index (χ4v) is 1.92. The van der Waals surface area contributed by atoms with Gasteiger partial charge in [-0.3, -0.25) is 0 Å². The van der Waals surface area contributed by atoms with Crippen LogP contribution in [0.15, 0.2) is 47.1 Å². The SMILES string of the molecule is CNC(Cc1ccco1)c1ccc(C(F)(F)F)cc1. The Morgan fingerprint density at radius 1 is 1.16 bits per heavy atom. The van der Waals surface area contributed by atoms with Gasteiger partial charge in [-0.1, -0.05) is 12.1 Å². The molecule has 1 N–H and O–H groups in total. The van der Waals surface area contributed by atoms with Crippen molar-refractivity contribution in [2.75, 3.05) is 7.05 Å². The van der Waals surface area contributed by atoms with Crippen molar-refractivity contribution in [2.24, 2.45) is 0 Å². The maximum atomic E-state index is 12.5. The van der Waals surface area contributed by atoms with Crippen molar-refractivity contribution < 1.29 is 17.6 Å². The standard InChI is InChI=1S/C14H14F3NO/c1-18-13(9-12-3-2-8-19-12)10-4-6-11(7-5-10)14(15,16)17/h2-8,13,18H,9H2,1H3. The zero-order valence-corrected chi connectivity index (χ0v) is 10.4. The fourth-order valence-electron chi connectivity index (χ4n) is 1.92. The van der Waals surface area contributed by atoms with Crippen LogP contribution in [0.25, 0.3) is 0 Å². The summed E-state index contributed by atoms with van der Waals surface area (Å²) in [5.41, 5.74) is 0.163. The number of hydrogen-bond donors (Lipinski definition) is 1. The number of likely N-dealkylation sites (N-methyl/N-ethyl adjacent to an activating group) is 1. The molecule has 1 aromatic heterocycles. The highest BCUT2D eigenvalue weighted by atomic mass is 19.4. The van der Waals surface area contributed by atoms with Crippen LogP contribution in [0.4, 0.5) is 13.2 Å². The minimum atomic E-state index is -4.30. The van der Waals surface area contributed by atoms with Crippen molar-refractivity contribution >= 4 is 0 Å². The molecular weight excluding hydrogens is 255 g/mol. The van der Waals surface area contributed by atoms with Gasteiger partial charge >= 0.3 is 6.18 Å².